The monoisotopic (exact) mass is 611 g/mol. The van der Waals surface area contributed by atoms with E-state index in [-0.39, 0.29) is 49.3 Å². The molecule has 0 spiro atoms. The summed E-state index contributed by atoms with van der Waals surface area (Å²) in [7, 11) is 0. The first-order chi connectivity index (χ1) is 20.2. The highest BCUT2D eigenvalue weighted by molar-refractivity contribution is 5.91. The number of fused-ring (bicyclic) bond motifs is 1. The summed E-state index contributed by atoms with van der Waals surface area (Å²) in [6.45, 7) is 1.46. The Kier molecular flexibility index (Phi) is 8.47. The number of alkyl halides is 5. The molecule has 0 aromatic carbocycles. The molecule has 3 N–H and O–H groups in total. The quantitative estimate of drug-likeness (QED) is 0.302. The van der Waals surface area contributed by atoms with Gasteiger partial charge in [-0.2, -0.15) is 23.4 Å². The summed E-state index contributed by atoms with van der Waals surface area (Å²) in [5.41, 5.74) is 7.94. The third kappa shape index (κ3) is 7.31. The number of aromatic nitrogens is 5. The Balaban J connectivity index is 1.44. The molecule has 5 rings (SSSR count). The van der Waals surface area contributed by atoms with Crippen LogP contribution in [0.25, 0.3) is 5.65 Å². The number of imidazole rings is 1. The number of carbonyl (C=O) groups is 2. The lowest BCUT2D eigenvalue weighted by Gasteiger charge is -2.32. The van der Waals surface area contributed by atoms with Crippen LogP contribution >= 0.6 is 0 Å². The minimum Gasteiger partial charge on any atom is -0.364 e. The zero-order valence-electron chi connectivity index (χ0n) is 23.8. The van der Waals surface area contributed by atoms with Crippen LogP contribution < -0.4 is 11.1 Å². The number of hydrogen-bond donors (Lipinski definition) is 2. The van der Waals surface area contributed by atoms with Gasteiger partial charge in [0.15, 0.2) is 5.65 Å². The van der Waals surface area contributed by atoms with Crippen LogP contribution in [0.3, 0.4) is 0 Å². The molecule has 0 radical (unpaired) electrons. The number of carbonyl (C=O) groups excluding carboxylic acids is 2. The molecule has 15 heteroatoms. The summed E-state index contributed by atoms with van der Waals surface area (Å²) >= 11 is 0. The van der Waals surface area contributed by atoms with Crippen LogP contribution in [-0.4, -0.2) is 61.5 Å². The fourth-order valence-corrected chi connectivity index (χ4v) is 5.78. The number of halogens is 5. The van der Waals surface area contributed by atoms with E-state index in [9.17, 15) is 31.5 Å². The predicted molar refractivity (Wildman–Crippen MR) is 143 cm³/mol. The zero-order chi connectivity index (χ0) is 31.1. The number of ether oxygens (including phenoxy) is 1. The van der Waals surface area contributed by atoms with Gasteiger partial charge in [-0.3, -0.25) is 14.3 Å². The maximum Gasteiger partial charge on any atom is 0.411 e. The average Bonchev–Trinajstić information content (AvgIpc) is 3.51. The lowest BCUT2D eigenvalue weighted by Crippen LogP contribution is -2.34. The molecule has 2 amide bonds. The molecule has 0 bridgehead atoms. The maximum atomic E-state index is 14.1. The van der Waals surface area contributed by atoms with Crippen molar-refractivity contribution in [3.63, 3.8) is 0 Å². The van der Waals surface area contributed by atoms with E-state index < -0.39 is 49.1 Å². The van der Waals surface area contributed by atoms with Gasteiger partial charge >= 0.3 is 6.18 Å². The van der Waals surface area contributed by atoms with Gasteiger partial charge in [0.25, 0.3) is 5.91 Å². The zero-order valence-corrected chi connectivity index (χ0v) is 23.8. The second-order valence-corrected chi connectivity index (χ2v) is 11.8. The molecular formula is C28H34F5N7O3. The molecule has 0 aliphatic heterocycles. The van der Waals surface area contributed by atoms with Crippen molar-refractivity contribution in [3.8, 4) is 0 Å². The Morgan fingerprint density at radius 1 is 1.12 bits per heavy atom. The van der Waals surface area contributed by atoms with Gasteiger partial charge in [0.1, 0.15) is 18.9 Å². The lowest BCUT2D eigenvalue weighted by atomic mass is 9.76. The van der Waals surface area contributed by atoms with E-state index in [2.05, 4.69) is 20.3 Å². The van der Waals surface area contributed by atoms with E-state index in [0.717, 1.165) is 12.8 Å². The Bertz CT molecular complexity index is 1470. The van der Waals surface area contributed by atoms with Crippen molar-refractivity contribution in [3.05, 3.63) is 47.2 Å². The van der Waals surface area contributed by atoms with Crippen LogP contribution in [0.4, 0.5) is 22.0 Å². The summed E-state index contributed by atoms with van der Waals surface area (Å²) in [5.74, 6) is -4.72. The molecule has 2 fully saturated rings. The molecule has 2 aliphatic carbocycles. The molecule has 2 atom stereocenters. The van der Waals surface area contributed by atoms with Crippen molar-refractivity contribution in [1.29, 1.82) is 0 Å². The molecule has 2 saturated carbocycles. The second kappa shape index (κ2) is 11.8. The summed E-state index contributed by atoms with van der Waals surface area (Å²) in [6.07, 6.45) is 0.308. The van der Waals surface area contributed by atoms with E-state index in [0.29, 0.717) is 22.6 Å². The maximum absolute atomic E-state index is 14.1. The molecule has 0 unspecified atom stereocenters. The molecule has 10 nitrogen and oxygen atoms in total. The Labute approximate surface area is 244 Å². The number of primary amides is 1. The minimum atomic E-state index is -4.53. The molecule has 3 aromatic heterocycles. The number of amides is 2. The van der Waals surface area contributed by atoms with Crippen molar-refractivity contribution in [2.75, 3.05) is 13.2 Å². The van der Waals surface area contributed by atoms with Gasteiger partial charge in [-0.05, 0) is 69.1 Å². The molecule has 2 aliphatic rings. The number of nitrogens with zero attached hydrogens (tertiary/aromatic N) is 5. The summed E-state index contributed by atoms with van der Waals surface area (Å²) in [4.78, 5) is 29.3. The van der Waals surface area contributed by atoms with Crippen LogP contribution in [0.1, 0.15) is 97.8 Å². The number of nitrogens with two attached hydrogens (primary N) is 1. The normalized spacial score (nSPS) is 19.1. The molecule has 43 heavy (non-hydrogen) atoms. The predicted octanol–water partition coefficient (Wildman–Crippen LogP) is 4.71. The molecule has 3 heterocycles. The second-order valence-electron chi connectivity index (χ2n) is 11.8. The Morgan fingerprint density at radius 3 is 2.40 bits per heavy atom. The van der Waals surface area contributed by atoms with Crippen LogP contribution in [0, 0.1) is 11.8 Å². The van der Waals surface area contributed by atoms with Crippen molar-refractivity contribution in [1.82, 2.24) is 29.7 Å². The van der Waals surface area contributed by atoms with Gasteiger partial charge in [-0.15, -0.1) is 0 Å². The van der Waals surface area contributed by atoms with Crippen molar-refractivity contribution in [2.45, 2.75) is 82.5 Å². The van der Waals surface area contributed by atoms with E-state index >= 15 is 0 Å². The van der Waals surface area contributed by atoms with Crippen molar-refractivity contribution >= 4 is 17.5 Å². The van der Waals surface area contributed by atoms with E-state index in [1.54, 1.807) is 24.5 Å². The van der Waals surface area contributed by atoms with Gasteiger partial charge in [0.2, 0.25) is 11.8 Å². The van der Waals surface area contributed by atoms with E-state index in [4.69, 9.17) is 10.7 Å². The van der Waals surface area contributed by atoms with Crippen LogP contribution in [0.5, 0.6) is 0 Å². The van der Waals surface area contributed by atoms with Crippen molar-refractivity contribution in [2.24, 2.45) is 17.6 Å². The molecule has 3 aromatic rings. The number of hydrogen-bond acceptors (Lipinski definition) is 6. The fourth-order valence-electron chi connectivity index (χ4n) is 5.78. The summed E-state index contributed by atoms with van der Waals surface area (Å²) in [5, 5.41) is 11.9. The fraction of sp³-hybridized carbons (Fsp3) is 0.607. The molecular weight excluding hydrogens is 577 g/mol. The lowest BCUT2D eigenvalue weighted by molar-refractivity contribution is -0.175. The highest BCUT2D eigenvalue weighted by atomic mass is 19.4. The SMILES string of the molecule is CC(C)n1nc([C@H](c2cn3ncc([C@H](NC(=O)COCC(F)(F)F)C4CC4)cc3n2)C2CCC(F)(F)CC2)cc1C(N)=O. The standard InChI is InChI=1S/C28H34F5N7O3/c1-15(2)40-21(26(34)42)10-19(38-40)24(16-5-7-27(29,30)8-6-16)20-12-39-22(36-20)9-18(11-35-39)25(17-3-4-17)37-23(41)13-43-14-28(31,32)33/h9-12,15-17,24-25H,3-8,13-14H2,1-2H3,(H2,34,42)(H,37,41)/t24-,25-/m1/s1. The first kappa shape index (κ1) is 30.8. The minimum absolute atomic E-state index is 0.0918. The first-order valence-corrected chi connectivity index (χ1v) is 14.3. The van der Waals surface area contributed by atoms with Crippen LogP contribution in [-0.2, 0) is 9.53 Å². The number of rotatable bonds is 11. The first-order valence-electron chi connectivity index (χ1n) is 14.3. The highest BCUT2D eigenvalue weighted by Crippen LogP contribution is 2.45. The highest BCUT2D eigenvalue weighted by Gasteiger charge is 2.41. The van der Waals surface area contributed by atoms with Gasteiger partial charge in [0.05, 0.1) is 29.8 Å². The smallest absolute Gasteiger partial charge is 0.364 e. The molecule has 234 valence electrons. The topological polar surface area (TPSA) is 129 Å². The largest absolute Gasteiger partial charge is 0.411 e. The van der Waals surface area contributed by atoms with Gasteiger partial charge in [-0.1, -0.05) is 0 Å². The van der Waals surface area contributed by atoms with E-state index in [1.807, 2.05) is 13.8 Å². The van der Waals surface area contributed by atoms with Gasteiger partial charge in [-0.25, -0.2) is 18.3 Å². The summed E-state index contributed by atoms with van der Waals surface area (Å²) in [6, 6.07) is 2.67. The van der Waals surface area contributed by atoms with Gasteiger partial charge < -0.3 is 15.8 Å². The third-order valence-corrected chi connectivity index (χ3v) is 7.99. The molecule has 0 saturated heterocycles. The van der Waals surface area contributed by atoms with Crippen molar-refractivity contribution < 1.29 is 36.3 Å². The average molecular weight is 612 g/mol. The van der Waals surface area contributed by atoms with Gasteiger partial charge in [0, 0.05) is 24.8 Å². The van der Waals surface area contributed by atoms with Crippen LogP contribution in [0.15, 0.2) is 24.5 Å². The Hall–Kier alpha value is -3.62. The number of nitrogens with one attached hydrogen (secondary N) is 1. The Morgan fingerprint density at radius 2 is 1.81 bits per heavy atom. The van der Waals surface area contributed by atoms with Crippen LogP contribution in [0.2, 0.25) is 0 Å². The third-order valence-electron chi connectivity index (χ3n) is 7.99. The van der Waals surface area contributed by atoms with E-state index in [1.165, 1.54) is 9.20 Å². The summed E-state index contributed by atoms with van der Waals surface area (Å²) < 4.78 is 72.9.